The Bertz CT molecular complexity index is 431. The molecule has 4 heteroatoms. The van der Waals surface area contributed by atoms with E-state index in [0.717, 1.165) is 13.1 Å². The summed E-state index contributed by atoms with van der Waals surface area (Å²) in [4.78, 5) is 14.1. The van der Waals surface area contributed by atoms with Gasteiger partial charge in [0.25, 0.3) is 5.91 Å². The summed E-state index contributed by atoms with van der Waals surface area (Å²) in [6, 6.07) is 5.41. The van der Waals surface area contributed by atoms with E-state index < -0.39 is 0 Å². The molecule has 4 nitrogen and oxygen atoms in total. The molecule has 1 saturated heterocycles. The van der Waals surface area contributed by atoms with Gasteiger partial charge >= 0.3 is 0 Å². The number of amides is 1. The molecule has 0 radical (unpaired) electrons. The van der Waals surface area contributed by atoms with E-state index in [0.29, 0.717) is 23.7 Å². The second-order valence-electron chi connectivity index (χ2n) is 4.56. The van der Waals surface area contributed by atoms with Crippen LogP contribution in [0.4, 0.5) is 0 Å². The molecule has 0 aliphatic carbocycles. The molecule has 92 valence electrons. The van der Waals surface area contributed by atoms with E-state index in [4.69, 9.17) is 0 Å². The largest absolute Gasteiger partial charge is 0.508 e. The second-order valence-corrected chi connectivity index (χ2v) is 4.56. The van der Waals surface area contributed by atoms with Crippen molar-refractivity contribution >= 4 is 5.91 Å². The number of nitrogens with one attached hydrogen (secondary N) is 1. The molecule has 1 amide bonds. The summed E-state index contributed by atoms with van der Waals surface area (Å²) in [5, 5.41) is 12.9. The number of aromatic hydroxyl groups is 1. The third-order valence-corrected chi connectivity index (χ3v) is 3.19. The van der Waals surface area contributed by atoms with Crippen LogP contribution < -0.4 is 5.32 Å². The Hall–Kier alpha value is -1.55. The normalized spacial score (nSPS) is 20.4. The van der Waals surface area contributed by atoms with E-state index in [1.165, 1.54) is 0 Å². The highest BCUT2D eigenvalue weighted by Gasteiger charge is 2.23. The Balaban J connectivity index is 2.22. The second kappa shape index (κ2) is 4.75. The van der Waals surface area contributed by atoms with Crippen molar-refractivity contribution in [1.29, 1.82) is 0 Å². The SMILES string of the molecule is Cc1c(O)cccc1C(=O)N1CCN[C@H](C)C1. The third kappa shape index (κ3) is 2.42. The van der Waals surface area contributed by atoms with E-state index >= 15 is 0 Å². The van der Waals surface area contributed by atoms with Crippen LogP contribution in [0.15, 0.2) is 18.2 Å². The van der Waals surface area contributed by atoms with Crippen LogP contribution in [0.3, 0.4) is 0 Å². The summed E-state index contributed by atoms with van der Waals surface area (Å²) in [5.74, 6) is 0.186. The highest BCUT2D eigenvalue weighted by Crippen LogP contribution is 2.21. The van der Waals surface area contributed by atoms with Gasteiger partial charge in [0.1, 0.15) is 5.75 Å². The smallest absolute Gasteiger partial charge is 0.254 e. The molecule has 1 aromatic rings. The van der Waals surface area contributed by atoms with Gasteiger partial charge in [-0.2, -0.15) is 0 Å². The minimum absolute atomic E-state index is 0.00625. The predicted octanol–water partition coefficient (Wildman–Crippen LogP) is 1.13. The van der Waals surface area contributed by atoms with Crippen LogP contribution in [0.1, 0.15) is 22.8 Å². The summed E-state index contributed by atoms with van der Waals surface area (Å²) in [5.41, 5.74) is 1.25. The minimum atomic E-state index is 0.00625. The highest BCUT2D eigenvalue weighted by atomic mass is 16.3. The molecule has 1 aliphatic heterocycles. The average molecular weight is 234 g/mol. The molecule has 1 aromatic carbocycles. The van der Waals surface area contributed by atoms with Crippen LogP contribution in [-0.2, 0) is 0 Å². The number of hydrogen-bond acceptors (Lipinski definition) is 3. The molecular formula is C13H18N2O2. The molecule has 2 rings (SSSR count). The van der Waals surface area contributed by atoms with Gasteiger partial charge in [-0.25, -0.2) is 0 Å². The van der Waals surface area contributed by atoms with Gasteiger partial charge in [0.2, 0.25) is 0 Å². The van der Waals surface area contributed by atoms with E-state index in [-0.39, 0.29) is 11.7 Å². The van der Waals surface area contributed by atoms with Crippen molar-refractivity contribution in [3.63, 3.8) is 0 Å². The van der Waals surface area contributed by atoms with Crippen molar-refractivity contribution in [2.45, 2.75) is 19.9 Å². The van der Waals surface area contributed by atoms with Crippen molar-refractivity contribution in [2.75, 3.05) is 19.6 Å². The van der Waals surface area contributed by atoms with Crippen LogP contribution in [0.5, 0.6) is 5.75 Å². The van der Waals surface area contributed by atoms with Crippen LogP contribution in [0, 0.1) is 6.92 Å². The lowest BCUT2D eigenvalue weighted by Gasteiger charge is -2.32. The molecular weight excluding hydrogens is 216 g/mol. The van der Waals surface area contributed by atoms with Crippen molar-refractivity contribution in [3.05, 3.63) is 29.3 Å². The first-order valence-electron chi connectivity index (χ1n) is 5.91. The zero-order valence-electron chi connectivity index (χ0n) is 10.2. The van der Waals surface area contributed by atoms with E-state index in [9.17, 15) is 9.90 Å². The van der Waals surface area contributed by atoms with Gasteiger partial charge in [-0.1, -0.05) is 6.07 Å². The lowest BCUT2D eigenvalue weighted by Crippen LogP contribution is -2.51. The van der Waals surface area contributed by atoms with Crippen LogP contribution in [-0.4, -0.2) is 41.6 Å². The molecule has 1 atom stereocenters. The van der Waals surface area contributed by atoms with Gasteiger partial charge in [0, 0.05) is 36.8 Å². The van der Waals surface area contributed by atoms with Crippen molar-refractivity contribution < 1.29 is 9.90 Å². The van der Waals surface area contributed by atoms with Gasteiger partial charge < -0.3 is 15.3 Å². The number of phenols is 1. The van der Waals surface area contributed by atoms with Gasteiger partial charge in [0.15, 0.2) is 0 Å². The lowest BCUT2D eigenvalue weighted by molar-refractivity contribution is 0.0708. The molecule has 1 fully saturated rings. The maximum absolute atomic E-state index is 12.3. The first-order valence-corrected chi connectivity index (χ1v) is 5.91. The van der Waals surface area contributed by atoms with Crippen LogP contribution >= 0.6 is 0 Å². The minimum Gasteiger partial charge on any atom is -0.508 e. The summed E-state index contributed by atoms with van der Waals surface area (Å²) < 4.78 is 0. The molecule has 0 unspecified atom stereocenters. The molecule has 0 saturated carbocycles. The van der Waals surface area contributed by atoms with Gasteiger partial charge in [-0.15, -0.1) is 0 Å². The molecule has 2 N–H and O–H groups in total. The molecule has 1 heterocycles. The van der Waals surface area contributed by atoms with Crippen molar-refractivity contribution in [3.8, 4) is 5.75 Å². The summed E-state index contributed by atoms with van der Waals surface area (Å²) in [6.07, 6.45) is 0. The zero-order valence-corrected chi connectivity index (χ0v) is 10.2. The fraction of sp³-hybridized carbons (Fsp3) is 0.462. The molecule has 0 spiro atoms. The molecule has 0 aromatic heterocycles. The van der Waals surface area contributed by atoms with Crippen molar-refractivity contribution in [2.24, 2.45) is 0 Å². The number of nitrogens with zero attached hydrogens (tertiary/aromatic N) is 1. The van der Waals surface area contributed by atoms with Gasteiger partial charge in [0.05, 0.1) is 0 Å². The summed E-state index contributed by atoms with van der Waals surface area (Å²) in [7, 11) is 0. The first kappa shape index (κ1) is 11.9. The van der Waals surface area contributed by atoms with E-state index in [2.05, 4.69) is 12.2 Å². The number of carbonyl (C=O) groups excluding carboxylic acids is 1. The number of benzene rings is 1. The number of hydrogen-bond donors (Lipinski definition) is 2. The monoisotopic (exact) mass is 234 g/mol. The fourth-order valence-corrected chi connectivity index (χ4v) is 2.14. The van der Waals surface area contributed by atoms with Crippen LogP contribution in [0.2, 0.25) is 0 Å². The first-order chi connectivity index (χ1) is 8.09. The predicted molar refractivity (Wildman–Crippen MR) is 66.2 cm³/mol. The average Bonchev–Trinajstić information content (AvgIpc) is 2.32. The Morgan fingerprint density at radius 3 is 3.00 bits per heavy atom. The van der Waals surface area contributed by atoms with Crippen LogP contribution in [0.25, 0.3) is 0 Å². The standard InChI is InChI=1S/C13H18N2O2/c1-9-8-15(7-6-14-9)13(17)11-4-3-5-12(16)10(11)2/h3-5,9,14,16H,6-8H2,1-2H3/t9-/m1/s1. The Labute approximate surface area is 101 Å². The number of carbonyl (C=O) groups is 1. The number of phenolic OH excluding ortho intramolecular Hbond substituents is 1. The highest BCUT2D eigenvalue weighted by molar-refractivity contribution is 5.96. The van der Waals surface area contributed by atoms with E-state index in [1.807, 2.05) is 4.90 Å². The topological polar surface area (TPSA) is 52.6 Å². The Morgan fingerprint density at radius 1 is 1.53 bits per heavy atom. The maximum atomic E-state index is 12.3. The molecule has 0 bridgehead atoms. The summed E-state index contributed by atoms with van der Waals surface area (Å²) >= 11 is 0. The quantitative estimate of drug-likeness (QED) is 0.766. The van der Waals surface area contributed by atoms with Gasteiger partial charge in [-0.05, 0) is 26.0 Å². The summed E-state index contributed by atoms with van der Waals surface area (Å²) in [6.45, 7) is 6.10. The lowest BCUT2D eigenvalue weighted by atomic mass is 10.1. The van der Waals surface area contributed by atoms with Gasteiger partial charge in [-0.3, -0.25) is 4.79 Å². The zero-order chi connectivity index (χ0) is 12.4. The Morgan fingerprint density at radius 2 is 2.29 bits per heavy atom. The third-order valence-electron chi connectivity index (χ3n) is 3.19. The van der Waals surface area contributed by atoms with E-state index in [1.54, 1.807) is 25.1 Å². The fourth-order valence-electron chi connectivity index (χ4n) is 2.14. The number of rotatable bonds is 1. The molecule has 17 heavy (non-hydrogen) atoms. The maximum Gasteiger partial charge on any atom is 0.254 e. The Kier molecular flexibility index (Phi) is 3.33. The van der Waals surface area contributed by atoms with Crippen molar-refractivity contribution in [1.82, 2.24) is 10.2 Å². The molecule has 1 aliphatic rings. The number of piperazine rings is 1.